The van der Waals surface area contributed by atoms with Gasteiger partial charge in [0.2, 0.25) is 0 Å². The Hall–Kier alpha value is -1.96. The van der Waals surface area contributed by atoms with Gasteiger partial charge >= 0.3 is 5.97 Å². The summed E-state index contributed by atoms with van der Waals surface area (Å²) >= 11 is 5.81. The van der Waals surface area contributed by atoms with Gasteiger partial charge in [-0.15, -0.1) is 0 Å². The smallest absolute Gasteiger partial charge is 0.314 e. The maximum absolute atomic E-state index is 13.2. The molecular weight excluding hydrogens is 383 g/mol. The summed E-state index contributed by atoms with van der Waals surface area (Å²) in [5.74, 6) is -2.60. The first-order valence-corrected chi connectivity index (χ1v) is 9.65. The van der Waals surface area contributed by atoms with E-state index in [2.05, 4.69) is 0 Å². The molecule has 26 heavy (non-hydrogen) atoms. The lowest BCUT2D eigenvalue weighted by atomic mass is 10.00. The number of carbonyl (C=O) groups is 1. The molecule has 0 saturated heterocycles. The third-order valence-corrected chi connectivity index (χ3v) is 7.29. The molecule has 0 heterocycles. The molecule has 0 bridgehead atoms. The van der Waals surface area contributed by atoms with Crippen molar-refractivity contribution >= 4 is 27.4 Å². The summed E-state index contributed by atoms with van der Waals surface area (Å²) in [6.45, 7) is -0.276. The van der Waals surface area contributed by atoms with Crippen LogP contribution in [0.3, 0.4) is 0 Å². The molecule has 1 N–H and O–H groups in total. The Morgan fingerprint density at radius 1 is 1.19 bits per heavy atom. The molecule has 1 fully saturated rings. The van der Waals surface area contributed by atoms with Gasteiger partial charge < -0.3 is 9.84 Å². The van der Waals surface area contributed by atoms with Crippen LogP contribution in [0.2, 0.25) is 5.02 Å². The van der Waals surface area contributed by atoms with Crippen LogP contribution in [0.1, 0.15) is 11.5 Å². The molecule has 3 rings (SSSR count). The average Bonchev–Trinajstić information content (AvgIpc) is 3.27. The van der Waals surface area contributed by atoms with Crippen molar-refractivity contribution in [3.63, 3.8) is 0 Å². The van der Waals surface area contributed by atoms with E-state index in [1.807, 2.05) is 0 Å². The van der Waals surface area contributed by atoms with Crippen molar-refractivity contribution in [1.29, 1.82) is 0 Å². The number of ether oxygens (including phenoxy) is 1. The first-order valence-electron chi connectivity index (χ1n) is 7.72. The fourth-order valence-corrected chi connectivity index (χ4v) is 5.98. The van der Waals surface area contributed by atoms with E-state index >= 15 is 0 Å². The lowest BCUT2D eigenvalue weighted by molar-refractivity contribution is -0.145. The Morgan fingerprint density at radius 3 is 2.27 bits per heavy atom. The number of rotatable bonds is 6. The summed E-state index contributed by atoms with van der Waals surface area (Å²) in [6, 6.07) is 10.7. The van der Waals surface area contributed by atoms with Gasteiger partial charge in [0.05, 0.1) is 16.8 Å². The van der Waals surface area contributed by atoms with Crippen molar-refractivity contribution in [3.8, 4) is 0 Å². The van der Waals surface area contributed by atoms with Crippen molar-refractivity contribution in [2.45, 2.75) is 16.1 Å². The summed E-state index contributed by atoms with van der Waals surface area (Å²) in [5, 5.41) is 8.95. The van der Waals surface area contributed by atoms with E-state index in [4.69, 9.17) is 16.3 Å². The van der Waals surface area contributed by atoms with E-state index in [9.17, 15) is 22.7 Å². The quantitative estimate of drug-likeness (QED) is 0.808. The first-order chi connectivity index (χ1) is 12.2. The molecule has 2 aromatic rings. The number of benzene rings is 2. The molecule has 1 saturated carbocycles. The van der Waals surface area contributed by atoms with Crippen molar-refractivity contribution in [1.82, 2.24) is 0 Å². The normalized spacial score (nSPS) is 25.0. The van der Waals surface area contributed by atoms with Gasteiger partial charge in [0.1, 0.15) is 11.2 Å². The molecule has 1 aliphatic carbocycles. The van der Waals surface area contributed by atoms with E-state index in [1.165, 1.54) is 55.6 Å². The Labute approximate surface area is 155 Å². The highest BCUT2D eigenvalue weighted by atomic mass is 35.5. The minimum Gasteiger partial charge on any atom is -0.481 e. The maximum Gasteiger partial charge on any atom is 0.314 e. The van der Waals surface area contributed by atoms with Crippen LogP contribution in [0.15, 0.2) is 53.4 Å². The van der Waals surface area contributed by atoms with Gasteiger partial charge in [0.25, 0.3) is 0 Å². The molecule has 3 atom stereocenters. The van der Waals surface area contributed by atoms with Crippen LogP contribution in [-0.4, -0.2) is 38.5 Å². The number of carboxylic acid groups (broad SMARTS) is 1. The molecule has 0 amide bonds. The lowest BCUT2D eigenvalue weighted by Gasteiger charge is -2.12. The molecule has 2 aromatic carbocycles. The number of aliphatic carboxylic acids is 1. The number of methoxy groups -OCH3 is 1. The predicted molar refractivity (Wildman–Crippen MR) is 93.5 cm³/mol. The number of hydrogen-bond donors (Lipinski definition) is 1. The number of carboxylic acids is 1. The van der Waals surface area contributed by atoms with Crippen molar-refractivity contribution < 1.29 is 27.4 Å². The van der Waals surface area contributed by atoms with Crippen molar-refractivity contribution in [3.05, 3.63) is 64.9 Å². The van der Waals surface area contributed by atoms with Gasteiger partial charge in [0.15, 0.2) is 9.84 Å². The highest BCUT2D eigenvalue weighted by Gasteiger charge is 2.76. The van der Waals surface area contributed by atoms with E-state index in [-0.39, 0.29) is 11.5 Å². The minimum absolute atomic E-state index is 0.0155. The Morgan fingerprint density at radius 2 is 1.77 bits per heavy atom. The average molecular weight is 399 g/mol. The molecular formula is C18H16ClFO5S. The summed E-state index contributed by atoms with van der Waals surface area (Å²) < 4.78 is 44.5. The second-order valence-electron chi connectivity index (χ2n) is 6.23. The van der Waals surface area contributed by atoms with E-state index in [0.717, 1.165) is 0 Å². The Balaban J connectivity index is 2.11. The predicted octanol–water partition coefficient (Wildman–Crippen LogP) is 3.14. The van der Waals surface area contributed by atoms with Crippen LogP contribution < -0.4 is 0 Å². The summed E-state index contributed by atoms with van der Waals surface area (Å²) in [5.41, 5.74) is -1.20. The molecule has 0 aromatic heterocycles. The third kappa shape index (κ3) is 2.90. The largest absolute Gasteiger partial charge is 0.481 e. The molecule has 5 nitrogen and oxygen atoms in total. The molecule has 8 heteroatoms. The Bertz CT molecular complexity index is 927. The molecule has 0 unspecified atom stereocenters. The van der Waals surface area contributed by atoms with Crippen LogP contribution >= 0.6 is 11.6 Å². The maximum atomic E-state index is 13.2. The molecule has 0 spiro atoms. The van der Waals surface area contributed by atoms with Gasteiger partial charge in [-0.2, -0.15) is 0 Å². The summed E-state index contributed by atoms with van der Waals surface area (Å²) in [4.78, 5) is 12.0. The lowest BCUT2D eigenvalue weighted by Crippen LogP contribution is -2.28. The van der Waals surface area contributed by atoms with Crippen molar-refractivity contribution in [2.75, 3.05) is 13.7 Å². The summed E-state index contributed by atoms with van der Waals surface area (Å²) in [7, 11) is -2.66. The fraction of sp³-hybridized carbons (Fsp3) is 0.278. The fourth-order valence-electron chi connectivity index (χ4n) is 3.50. The highest BCUT2D eigenvalue weighted by Crippen LogP contribution is 2.64. The number of hydrogen-bond acceptors (Lipinski definition) is 4. The van der Waals surface area contributed by atoms with Gasteiger partial charge in [0, 0.05) is 18.1 Å². The van der Waals surface area contributed by atoms with Crippen LogP contribution in [-0.2, 0) is 19.4 Å². The second-order valence-corrected chi connectivity index (χ2v) is 8.73. The van der Waals surface area contributed by atoms with Crippen LogP contribution in [0, 0.1) is 11.2 Å². The van der Waals surface area contributed by atoms with Crippen LogP contribution in [0.25, 0.3) is 0 Å². The molecule has 1 aliphatic rings. The molecule has 138 valence electrons. The topological polar surface area (TPSA) is 80.7 Å². The molecule has 0 radical (unpaired) electrons. The zero-order valence-electron chi connectivity index (χ0n) is 13.7. The third-order valence-electron chi connectivity index (χ3n) is 4.74. The molecule has 0 aliphatic heterocycles. The van der Waals surface area contributed by atoms with Crippen LogP contribution in [0.5, 0.6) is 0 Å². The zero-order chi connectivity index (χ0) is 19.1. The van der Waals surface area contributed by atoms with Gasteiger partial charge in [-0.25, -0.2) is 12.8 Å². The SMILES string of the molecule is COC[C@]1(C(=O)O)[C@H](c2ccc(F)cc2)[C@H]1S(=O)(=O)c1ccc(Cl)cc1. The monoisotopic (exact) mass is 398 g/mol. The van der Waals surface area contributed by atoms with E-state index in [1.54, 1.807) is 0 Å². The van der Waals surface area contributed by atoms with E-state index in [0.29, 0.717) is 10.6 Å². The van der Waals surface area contributed by atoms with E-state index < -0.39 is 38.2 Å². The standard InChI is InChI=1S/C18H16ClFO5S/c1-25-10-18(17(21)22)15(11-2-6-13(20)7-3-11)16(18)26(23,24)14-8-4-12(19)5-9-14/h2-9,15-16H,10H2,1H3,(H,21,22)/t15-,16-,18+/m1/s1. The number of sulfone groups is 1. The first kappa shape index (κ1) is 18.8. The Kier molecular flexibility index (Phi) is 4.81. The summed E-state index contributed by atoms with van der Waals surface area (Å²) in [6.07, 6.45) is 0. The van der Waals surface area contributed by atoms with Gasteiger partial charge in [-0.1, -0.05) is 23.7 Å². The van der Waals surface area contributed by atoms with Crippen molar-refractivity contribution in [2.24, 2.45) is 5.41 Å². The van der Waals surface area contributed by atoms with Crippen LogP contribution in [0.4, 0.5) is 4.39 Å². The highest BCUT2D eigenvalue weighted by molar-refractivity contribution is 7.92. The number of halogens is 2. The second kappa shape index (κ2) is 6.64. The van der Waals surface area contributed by atoms with Gasteiger partial charge in [-0.05, 0) is 42.0 Å². The minimum atomic E-state index is -3.98. The zero-order valence-corrected chi connectivity index (χ0v) is 15.3. The van der Waals surface area contributed by atoms with Gasteiger partial charge in [-0.3, -0.25) is 4.79 Å².